The molecule has 1 aromatic heterocycles. The van der Waals surface area contributed by atoms with E-state index < -0.39 is 0 Å². The molecule has 1 fully saturated rings. The average molecular weight is 247 g/mol. The highest BCUT2D eigenvalue weighted by Crippen LogP contribution is 2.38. The van der Waals surface area contributed by atoms with E-state index >= 15 is 0 Å². The molecule has 0 aliphatic heterocycles. The first-order valence-corrected chi connectivity index (χ1v) is 7.03. The Kier molecular flexibility index (Phi) is 4.72. The summed E-state index contributed by atoms with van der Waals surface area (Å²) in [7, 11) is 2.20. The lowest BCUT2D eigenvalue weighted by Gasteiger charge is -2.16. The van der Waals surface area contributed by atoms with Crippen molar-refractivity contribution in [2.45, 2.75) is 33.4 Å². The van der Waals surface area contributed by atoms with Gasteiger partial charge in [-0.15, -0.1) is 0 Å². The summed E-state index contributed by atoms with van der Waals surface area (Å²) in [4.78, 5) is 7.09. The van der Waals surface area contributed by atoms with Crippen LogP contribution in [0.25, 0.3) is 0 Å². The lowest BCUT2D eigenvalue weighted by molar-refractivity contribution is 0.304. The van der Waals surface area contributed by atoms with Gasteiger partial charge in [-0.25, -0.2) is 0 Å². The predicted octanol–water partition coefficient (Wildman–Crippen LogP) is 2.28. The standard InChI is InChI=1S/C15H25N3/c1-4-16-9-14-6-5-7-15(17-14)11-18(3)10-13-8-12(13)2/h5-7,12-13,16H,4,8-11H2,1-3H3. The molecule has 1 aliphatic rings. The lowest BCUT2D eigenvalue weighted by atomic mass is 10.2. The van der Waals surface area contributed by atoms with Crippen molar-refractivity contribution in [1.82, 2.24) is 15.2 Å². The smallest absolute Gasteiger partial charge is 0.0547 e. The Bertz CT molecular complexity index is 378. The number of nitrogens with one attached hydrogen (secondary N) is 1. The molecule has 2 unspecified atom stereocenters. The van der Waals surface area contributed by atoms with Gasteiger partial charge in [0, 0.05) is 19.6 Å². The van der Waals surface area contributed by atoms with E-state index in [0.717, 1.165) is 37.2 Å². The molecule has 0 radical (unpaired) electrons. The van der Waals surface area contributed by atoms with Crippen molar-refractivity contribution in [3.8, 4) is 0 Å². The summed E-state index contributed by atoms with van der Waals surface area (Å²) in [5.41, 5.74) is 2.32. The van der Waals surface area contributed by atoms with Crippen LogP contribution in [0, 0.1) is 11.8 Å². The van der Waals surface area contributed by atoms with E-state index in [1.54, 1.807) is 0 Å². The monoisotopic (exact) mass is 247 g/mol. The van der Waals surface area contributed by atoms with Crippen molar-refractivity contribution in [1.29, 1.82) is 0 Å². The van der Waals surface area contributed by atoms with Gasteiger partial charge in [0.05, 0.1) is 11.4 Å². The molecular formula is C15H25N3. The second-order valence-corrected chi connectivity index (χ2v) is 5.57. The Balaban J connectivity index is 1.83. The fraction of sp³-hybridized carbons (Fsp3) is 0.667. The van der Waals surface area contributed by atoms with Crippen molar-refractivity contribution >= 4 is 0 Å². The molecule has 3 heteroatoms. The van der Waals surface area contributed by atoms with Crippen molar-refractivity contribution < 1.29 is 0 Å². The minimum Gasteiger partial charge on any atom is -0.311 e. The third-order valence-corrected chi connectivity index (χ3v) is 3.67. The Morgan fingerprint density at radius 1 is 1.39 bits per heavy atom. The molecule has 18 heavy (non-hydrogen) atoms. The van der Waals surface area contributed by atoms with Crippen LogP contribution in [0.5, 0.6) is 0 Å². The van der Waals surface area contributed by atoms with Crippen LogP contribution in [0.3, 0.4) is 0 Å². The van der Waals surface area contributed by atoms with Gasteiger partial charge in [0.15, 0.2) is 0 Å². The zero-order valence-corrected chi connectivity index (χ0v) is 11.8. The summed E-state index contributed by atoms with van der Waals surface area (Å²) in [6.07, 6.45) is 1.40. The van der Waals surface area contributed by atoms with Crippen LogP contribution in [0.2, 0.25) is 0 Å². The molecule has 1 heterocycles. The van der Waals surface area contributed by atoms with Crippen molar-refractivity contribution in [3.63, 3.8) is 0 Å². The van der Waals surface area contributed by atoms with Crippen LogP contribution in [0.4, 0.5) is 0 Å². The normalized spacial score (nSPS) is 22.4. The molecule has 0 spiro atoms. The van der Waals surface area contributed by atoms with Crippen LogP contribution in [-0.4, -0.2) is 30.0 Å². The maximum atomic E-state index is 4.69. The van der Waals surface area contributed by atoms with E-state index in [1.807, 2.05) is 0 Å². The quantitative estimate of drug-likeness (QED) is 0.801. The molecule has 0 amide bonds. The summed E-state index contributed by atoms with van der Waals surface area (Å²) in [6, 6.07) is 6.33. The molecule has 1 aliphatic carbocycles. The summed E-state index contributed by atoms with van der Waals surface area (Å²) < 4.78 is 0. The van der Waals surface area contributed by atoms with E-state index in [-0.39, 0.29) is 0 Å². The summed E-state index contributed by atoms with van der Waals surface area (Å²) >= 11 is 0. The van der Waals surface area contributed by atoms with Gasteiger partial charge in [-0.3, -0.25) is 4.98 Å². The Hall–Kier alpha value is -0.930. The van der Waals surface area contributed by atoms with Gasteiger partial charge in [0.1, 0.15) is 0 Å². The van der Waals surface area contributed by atoms with Gasteiger partial charge in [-0.05, 0) is 44.0 Å². The number of pyridine rings is 1. The van der Waals surface area contributed by atoms with Crippen LogP contribution < -0.4 is 5.32 Å². The first-order chi connectivity index (χ1) is 8.69. The number of hydrogen-bond donors (Lipinski definition) is 1. The summed E-state index contributed by atoms with van der Waals surface area (Å²) in [5, 5.41) is 3.32. The topological polar surface area (TPSA) is 28.2 Å². The Morgan fingerprint density at radius 3 is 2.78 bits per heavy atom. The maximum Gasteiger partial charge on any atom is 0.0547 e. The van der Waals surface area contributed by atoms with Gasteiger partial charge >= 0.3 is 0 Å². The highest BCUT2D eigenvalue weighted by Gasteiger charge is 2.32. The molecule has 1 saturated carbocycles. The molecule has 0 saturated heterocycles. The van der Waals surface area contributed by atoms with Crippen LogP contribution >= 0.6 is 0 Å². The minimum atomic E-state index is 0.869. The minimum absolute atomic E-state index is 0.869. The predicted molar refractivity (Wildman–Crippen MR) is 75.2 cm³/mol. The van der Waals surface area contributed by atoms with Crippen molar-refractivity contribution in [2.75, 3.05) is 20.1 Å². The molecule has 0 bridgehead atoms. The Labute approximate surface area is 111 Å². The van der Waals surface area contributed by atoms with E-state index in [0.29, 0.717) is 0 Å². The SMILES string of the molecule is CCNCc1cccc(CN(C)CC2CC2C)n1. The van der Waals surface area contributed by atoms with E-state index in [9.17, 15) is 0 Å². The number of nitrogens with zero attached hydrogens (tertiary/aromatic N) is 2. The molecule has 100 valence electrons. The van der Waals surface area contributed by atoms with Gasteiger partial charge in [-0.1, -0.05) is 19.9 Å². The zero-order valence-electron chi connectivity index (χ0n) is 11.8. The van der Waals surface area contributed by atoms with Gasteiger partial charge in [-0.2, -0.15) is 0 Å². The summed E-state index contributed by atoms with van der Waals surface area (Å²) in [5.74, 6) is 1.85. The molecule has 0 aromatic carbocycles. The zero-order chi connectivity index (χ0) is 13.0. The van der Waals surface area contributed by atoms with Crippen molar-refractivity contribution in [3.05, 3.63) is 29.6 Å². The van der Waals surface area contributed by atoms with Crippen LogP contribution in [0.1, 0.15) is 31.7 Å². The highest BCUT2D eigenvalue weighted by atomic mass is 15.1. The second kappa shape index (κ2) is 6.30. The third-order valence-electron chi connectivity index (χ3n) is 3.67. The first-order valence-electron chi connectivity index (χ1n) is 7.03. The van der Waals surface area contributed by atoms with Gasteiger partial charge < -0.3 is 10.2 Å². The van der Waals surface area contributed by atoms with E-state index in [2.05, 4.69) is 49.3 Å². The summed E-state index contributed by atoms with van der Waals surface area (Å²) in [6.45, 7) is 8.49. The largest absolute Gasteiger partial charge is 0.311 e. The second-order valence-electron chi connectivity index (χ2n) is 5.57. The van der Waals surface area contributed by atoms with Gasteiger partial charge in [0.25, 0.3) is 0 Å². The van der Waals surface area contributed by atoms with Crippen LogP contribution in [-0.2, 0) is 13.1 Å². The molecule has 1 aromatic rings. The molecule has 2 rings (SSSR count). The van der Waals surface area contributed by atoms with E-state index in [4.69, 9.17) is 4.98 Å². The number of hydrogen-bond acceptors (Lipinski definition) is 3. The third kappa shape index (κ3) is 4.07. The van der Waals surface area contributed by atoms with E-state index in [1.165, 1.54) is 18.7 Å². The van der Waals surface area contributed by atoms with Crippen molar-refractivity contribution in [2.24, 2.45) is 11.8 Å². The fourth-order valence-corrected chi connectivity index (χ4v) is 2.36. The molecule has 2 atom stereocenters. The van der Waals surface area contributed by atoms with Crippen LogP contribution in [0.15, 0.2) is 18.2 Å². The molecular weight excluding hydrogens is 222 g/mol. The Morgan fingerprint density at radius 2 is 2.11 bits per heavy atom. The lowest BCUT2D eigenvalue weighted by Crippen LogP contribution is -2.22. The molecule has 1 N–H and O–H groups in total. The van der Waals surface area contributed by atoms with Gasteiger partial charge in [0.2, 0.25) is 0 Å². The molecule has 3 nitrogen and oxygen atoms in total. The number of aromatic nitrogens is 1. The average Bonchev–Trinajstić information content (AvgIpc) is 3.02. The number of rotatable bonds is 7. The maximum absolute atomic E-state index is 4.69. The first kappa shape index (κ1) is 13.5. The highest BCUT2D eigenvalue weighted by molar-refractivity contribution is 5.11. The fourth-order valence-electron chi connectivity index (χ4n) is 2.36.